The highest BCUT2D eigenvalue weighted by molar-refractivity contribution is 7.89. The average molecular weight is 725 g/mol. The summed E-state index contributed by atoms with van der Waals surface area (Å²) in [5, 5.41) is 12.6. The number of nitro benzene ring substituents is 1. The summed E-state index contributed by atoms with van der Waals surface area (Å²) in [7, 11) is -9.02. The Kier molecular flexibility index (Phi) is 11.5. The van der Waals surface area contributed by atoms with Gasteiger partial charge in [0.05, 0.1) is 40.7 Å². The molecule has 0 aliphatic carbocycles. The molecule has 3 aromatic carbocycles. The molecule has 1 atom stereocenters. The van der Waals surface area contributed by atoms with E-state index in [2.05, 4.69) is 14.1 Å². The minimum absolute atomic E-state index is 0.0281. The minimum atomic E-state index is -4.79. The van der Waals surface area contributed by atoms with Gasteiger partial charge < -0.3 is 24.2 Å². The number of amides is 1. The van der Waals surface area contributed by atoms with Gasteiger partial charge in [0.15, 0.2) is 0 Å². The molecule has 0 unspecified atom stereocenters. The van der Waals surface area contributed by atoms with Crippen molar-refractivity contribution in [2.24, 2.45) is 0 Å². The number of nitrogens with zero attached hydrogens (tertiary/aromatic N) is 3. The topological polar surface area (TPSA) is 198 Å². The van der Waals surface area contributed by atoms with E-state index in [1.165, 1.54) is 29.2 Å². The van der Waals surface area contributed by atoms with E-state index in [9.17, 15) is 27.9 Å². The fourth-order valence-corrected chi connectivity index (χ4v) is 7.20. The number of morpholine rings is 1. The summed E-state index contributed by atoms with van der Waals surface area (Å²) < 4.78 is 54.2. The molecule has 3 N–H and O–H groups in total. The lowest BCUT2D eigenvalue weighted by Gasteiger charge is -2.26. The third-order valence-corrected chi connectivity index (χ3v) is 10.3. The van der Waals surface area contributed by atoms with Crippen molar-refractivity contribution >= 4 is 63.6 Å². The van der Waals surface area contributed by atoms with Crippen LogP contribution in [0.15, 0.2) is 59.5 Å². The van der Waals surface area contributed by atoms with Crippen LogP contribution in [0.5, 0.6) is 5.75 Å². The number of benzene rings is 3. The number of hydrogen-bond acceptors (Lipinski definition) is 10. The Hall–Kier alpha value is -3.44. The number of sulfonamides is 1. The second-order valence-electron chi connectivity index (χ2n) is 11.0. The van der Waals surface area contributed by atoms with Crippen molar-refractivity contribution in [3.05, 3.63) is 75.8 Å². The fraction of sp³-hybridized carbons (Fsp3) is 0.367. The van der Waals surface area contributed by atoms with Crippen LogP contribution in [0.4, 0.5) is 11.4 Å². The maximum Gasteiger partial charge on any atom is 0.469 e. The predicted octanol–water partition coefficient (Wildman–Crippen LogP) is 3.23. The van der Waals surface area contributed by atoms with Gasteiger partial charge in [0.2, 0.25) is 10.0 Å². The molecule has 0 spiro atoms. The second-order valence-corrected chi connectivity index (χ2v) is 14.3. The van der Waals surface area contributed by atoms with Gasteiger partial charge in [-0.3, -0.25) is 24.3 Å². The molecule has 0 radical (unpaired) electrons. The summed E-state index contributed by atoms with van der Waals surface area (Å²) in [5.41, 5.74) is 1.23. The lowest BCUT2D eigenvalue weighted by Crippen LogP contribution is -2.38. The Balaban J connectivity index is 1.33. The van der Waals surface area contributed by atoms with Crippen molar-refractivity contribution in [3.63, 3.8) is 0 Å². The van der Waals surface area contributed by atoms with Gasteiger partial charge in [-0.15, -0.1) is 11.6 Å². The summed E-state index contributed by atoms with van der Waals surface area (Å²) in [4.78, 5) is 45.9. The van der Waals surface area contributed by atoms with Crippen molar-refractivity contribution in [1.82, 2.24) is 9.62 Å². The van der Waals surface area contributed by atoms with Crippen LogP contribution in [-0.2, 0) is 28.6 Å². The first-order chi connectivity index (χ1) is 22.9. The molecule has 15 nitrogen and oxygen atoms in total. The maximum atomic E-state index is 13.4. The Bertz CT molecular complexity index is 1850. The number of fused-ring (bicyclic) bond motifs is 3. The van der Waals surface area contributed by atoms with Crippen LogP contribution in [0.3, 0.4) is 0 Å². The smallest absolute Gasteiger partial charge is 0.469 e. The number of carbonyl (C=O) groups excluding carboxylic acids is 1. The first-order valence-electron chi connectivity index (χ1n) is 14.9. The number of halogens is 1. The van der Waals surface area contributed by atoms with E-state index in [4.69, 9.17) is 30.9 Å². The molecular weight excluding hydrogens is 691 g/mol. The molecule has 2 heterocycles. The van der Waals surface area contributed by atoms with Crippen molar-refractivity contribution in [2.75, 3.05) is 69.9 Å². The Morgan fingerprint density at radius 2 is 1.85 bits per heavy atom. The average Bonchev–Trinajstić information content (AvgIpc) is 3.44. The summed E-state index contributed by atoms with van der Waals surface area (Å²) in [5.74, 6) is -0.00225. The Morgan fingerprint density at radius 1 is 1.12 bits per heavy atom. The number of carbonyl (C=O) groups is 1. The van der Waals surface area contributed by atoms with Crippen molar-refractivity contribution < 1.29 is 46.5 Å². The fourth-order valence-electron chi connectivity index (χ4n) is 5.58. The molecule has 258 valence electrons. The standard InChI is InChI=1S/C30H34ClN4O11PS/c31-19-22-20-34(29(36)8-3-21-1-4-23(5-2-21)45-16-12-33-10-14-44-15-11-33)28-18-27(35(37)38)26-17-24(6-7-25(26)30(22)28)48(42,43)32-9-13-46-47(39,40)41/h1-8,17-18,22,32H,9-16,19-20H2,(H2,39,40,41)/b8-3+/t22-/m1/s1. The zero-order valence-electron chi connectivity index (χ0n) is 25.6. The van der Waals surface area contributed by atoms with Crippen LogP contribution in [0.1, 0.15) is 17.0 Å². The zero-order valence-corrected chi connectivity index (χ0v) is 28.0. The number of phosphoric acid groups is 1. The van der Waals surface area contributed by atoms with E-state index < -0.39 is 47.5 Å². The highest BCUT2D eigenvalue weighted by atomic mass is 35.5. The monoisotopic (exact) mass is 724 g/mol. The number of nitro groups is 1. The molecule has 18 heteroatoms. The predicted molar refractivity (Wildman–Crippen MR) is 178 cm³/mol. The van der Waals surface area contributed by atoms with E-state index in [1.807, 2.05) is 24.3 Å². The highest BCUT2D eigenvalue weighted by Gasteiger charge is 2.36. The van der Waals surface area contributed by atoms with Crippen LogP contribution in [-0.4, -0.2) is 99.0 Å². The van der Waals surface area contributed by atoms with Gasteiger partial charge in [0, 0.05) is 56.7 Å². The molecular formula is C30H34ClN4O11PS. The SMILES string of the molecule is O=C(/C=C/c1ccc(OCCN2CCOCC2)cc1)N1C[C@@H](CCl)c2c1cc([N+](=O)[O-])c1cc(S(=O)(=O)NCCOP(=O)(O)O)ccc21. The van der Waals surface area contributed by atoms with Gasteiger partial charge in [0.1, 0.15) is 12.4 Å². The molecule has 1 fully saturated rings. The summed E-state index contributed by atoms with van der Waals surface area (Å²) >= 11 is 6.30. The Labute approximate surface area is 281 Å². The van der Waals surface area contributed by atoms with E-state index in [1.54, 1.807) is 6.08 Å². The number of rotatable bonds is 14. The molecule has 1 saturated heterocycles. The van der Waals surface area contributed by atoms with Crippen LogP contribution in [0.25, 0.3) is 16.8 Å². The lowest BCUT2D eigenvalue weighted by molar-refractivity contribution is -0.383. The number of phosphoric ester groups is 1. The summed E-state index contributed by atoms with van der Waals surface area (Å²) in [6.07, 6.45) is 3.01. The molecule has 2 aliphatic heterocycles. The molecule has 1 amide bonds. The number of alkyl halides is 1. The van der Waals surface area contributed by atoms with Crippen molar-refractivity contribution in [1.29, 1.82) is 0 Å². The molecule has 0 saturated carbocycles. The van der Waals surface area contributed by atoms with E-state index >= 15 is 0 Å². The van der Waals surface area contributed by atoms with E-state index in [-0.39, 0.29) is 28.6 Å². The van der Waals surface area contributed by atoms with Crippen LogP contribution >= 0.6 is 19.4 Å². The third-order valence-electron chi connectivity index (χ3n) is 7.90. The molecule has 48 heavy (non-hydrogen) atoms. The van der Waals surface area contributed by atoms with Crippen molar-refractivity contribution in [2.45, 2.75) is 10.8 Å². The molecule has 3 aromatic rings. The third kappa shape index (κ3) is 8.77. The van der Waals surface area contributed by atoms with Crippen molar-refractivity contribution in [3.8, 4) is 5.75 Å². The quantitative estimate of drug-likeness (QED) is 0.0549. The normalized spacial score (nSPS) is 17.2. The van der Waals surface area contributed by atoms with Gasteiger partial charge in [-0.2, -0.15) is 0 Å². The first kappa shape index (κ1) is 35.9. The summed E-state index contributed by atoms with van der Waals surface area (Å²) in [6, 6.07) is 12.3. The summed E-state index contributed by atoms with van der Waals surface area (Å²) in [6.45, 7) is 3.64. The molecule has 0 bridgehead atoms. The number of non-ortho nitro benzene ring substituents is 1. The lowest BCUT2D eigenvalue weighted by atomic mass is 9.95. The van der Waals surface area contributed by atoms with E-state index in [0.717, 1.165) is 44.5 Å². The number of anilines is 1. The molecule has 0 aromatic heterocycles. The largest absolute Gasteiger partial charge is 0.492 e. The number of ether oxygens (including phenoxy) is 2. The Morgan fingerprint density at radius 3 is 2.52 bits per heavy atom. The highest BCUT2D eigenvalue weighted by Crippen LogP contribution is 2.46. The molecule has 2 aliphatic rings. The van der Waals surface area contributed by atoms with Crippen LogP contribution in [0, 0.1) is 10.1 Å². The second kappa shape index (κ2) is 15.4. The van der Waals surface area contributed by atoms with Gasteiger partial charge in [-0.05, 0) is 46.9 Å². The minimum Gasteiger partial charge on any atom is -0.492 e. The first-order valence-corrected chi connectivity index (χ1v) is 18.4. The number of nitrogens with one attached hydrogen (secondary N) is 1. The van der Waals surface area contributed by atoms with Gasteiger partial charge in [-0.1, -0.05) is 18.2 Å². The van der Waals surface area contributed by atoms with Crippen LogP contribution < -0.4 is 14.4 Å². The molecule has 5 rings (SSSR count). The number of hydrogen-bond donors (Lipinski definition) is 3. The van der Waals surface area contributed by atoms with Gasteiger partial charge >= 0.3 is 7.82 Å². The van der Waals surface area contributed by atoms with Gasteiger partial charge in [-0.25, -0.2) is 17.7 Å². The van der Waals surface area contributed by atoms with Crippen LogP contribution in [0.2, 0.25) is 0 Å². The van der Waals surface area contributed by atoms with E-state index in [0.29, 0.717) is 29.0 Å². The maximum absolute atomic E-state index is 13.4. The zero-order chi connectivity index (χ0) is 34.5. The van der Waals surface area contributed by atoms with Gasteiger partial charge in [0.25, 0.3) is 11.6 Å².